The van der Waals surface area contributed by atoms with Crippen LogP contribution in [-0.4, -0.2) is 27.8 Å². The van der Waals surface area contributed by atoms with Gasteiger partial charge in [0.15, 0.2) is 11.5 Å². The van der Waals surface area contributed by atoms with Gasteiger partial charge in [0.1, 0.15) is 11.3 Å². The van der Waals surface area contributed by atoms with Crippen molar-refractivity contribution in [2.45, 2.75) is 6.04 Å². The highest BCUT2D eigenvalue weighted by Crippen LogP contribution is 2.41. The van der Waals surface area contributed by atoms with Crippen molar-refractivity contribution < 1.29 is 19.4 Å². The van der Waals surface area contributed by atoms with Crippen LogP contribution in [0.15, 0.2) is 67.1 Å². The summed E-state index contributed by atoms with van der Waals surface area (Å²) < 4.78 is 10.9. The van der Waals surface area contributed by atoms with Crippen molar-refractivity contribution in [3.63, 3.8) is 0 Å². The molecule has 2 N–H and O–H groups in total. The smallest absolute Gasteiger partial charge is 0.253 e. The number of carbonyl (C=O) groups is 1. The fraction of sp³-hybridized carbons (Fsp3) is 0.0870. The zero-order valence-electron chi connectivity index (χ0n) is 16.1. The van der Waals surface area contributed by atoms with Crippen LogP contribution < -0.4 is 14.8 Å². The van der Waals surface area contributed by atoms with E-state index in [0.717, 1.165) is 0 Å². The van der Waals surface area contributed by atoms with E-state index >= 15 is 0 Å². The Hall–Kier alpha value is -3.84. The van der Waals surface area contributed by atoms with Gasteiger partial charge >= 0.3 is 0 Å². The number of aromatic nitrogens is 2. The van der Waals surface area contributed by atoms with Crippen LogP contribution in [0.3, 0.4) is 0 Å². The standard InChI is InChI=1S/C23H16ClN3O4/c24-17-10-16(22(28)21-15(17)4-2-8-26-21)20(27-23(29)14-3-1-7-25-11-14)13-5-6-18-19(9-13)31-12-30-18/h1-11,20,28H,12H2,(H,27,29). The number of phenolic OH excluding ortho intramolecular Hbond substituents is 1. The summed E-state index contributed by atoms with van der Waals surface area (Å²) in [4.78, 5) is 21.2. The van der Waals surface area contributed by atoms with E-state index in [1.54, 1.807) is 60.9 Å². The minimum atomic E-state index is -0.730. The highest BCUT2D eigenvalue weighted by atomic mass is 35.5. The molecule has 31 heavy (non-hydrogen) atoms. The Kier molecular flexibility index (Phi) is 4.80. The zero-order chi connectivity index (χ0) is 21.4. The highest BCUT2D eigenvalue weighted by molar-refractivity contribution is 6.35. The average molecular weight is 434 g/mol. The van der Waals surface area contributed by atoms with Crippen molar-refractivity contribution >= 4 is 28.4 Å². The fourth-order valence-corrected chi connectivity index (χ4v) is 3.84. The number of nitrogens with one attached hydrogen (secondary N) is 1. The number of pyridine rings is 2. The number of carbonyl (C=O) groups excluding carboxylic acids is 1. The number of phenols is 1. The molecular weight excluding hydrogens is 418 g/mol. The summed E-state index contributed by atoms with van der Waals surface area (Å²) in [5.41, 5.74) is 1.83. The molecule has 2 aromatic carbocycles. The minimum Gasteiger partial charge on any atom is -0.505 e. The van der Waals surface area contributed by atoms with Crippen LogP contribution in [0.4, 0.5) is 0 Å². The van der Waals surface area contributed by atoms with Crippen LogP contribution in [-0.2, 0) is 0 Å². The summed E-state index contributed by atoms with van der Waals surface area (Å²) in [7, 11) is 0. The topological polar surface area (TPSA) is 93.6 Å². The van der Waals surface area contributed by atoms with E-state index in [2.05, 4.69) is 15.3 Å². The normalized spacial score (nSPS) is 13.2. The molecule has 0 fully saturated rings. The lowest BCUT2D eigenvalue weighted by atomic mass is 9.95. The molecule has 8 heteroatoms. The molecule has 3 heterocycles. The first-order valence-corrected chi connectivity index (χ1v) is 9.86. The van der Waals surface area contributed by atoms with Crippen LogP contribution in [0.1, 0.15) is 27.5 Å². The number of hydrogen-bond donors (Lipinski definition) is 2. The van der Waals surface area contributed by atoms with Gasteiger partial charge < -0.3 is 19.9 Å². The van der Waals surface area contributed by atoms with E-state index in [-0.39, 0.29) is 18.4 Å². The van der Waals surface area contributed by atoms with E-state index in [0.29, 0.717) is 44.1 Å². The van der Waals surface area contributed by atoms with E-state index in [1.165, 1.54) is 6.20 Å². The average Bonchev–Trinajstić information content (AvgIpc) is 3.28. The predicted molar refractivity (Wildman–Crippen MR) is 115 cm³/mol. The molecule has 5 rings (SSSR count). The number of rotatable bonds is 4. The third-order valence-electron chi connectivity index (χ3n) is 5.09. The number of halogens is 1. The summed E-state index contributed by atoms with van der Waals surface area (Å²) >= 11 is 6.49. The number of hydrogen-bond acceptors (Lipinski definition) is 6. The Morgan fingerprint density at radius 3 is 2.77 bits per heavy atom. The van der Waals surface area contributed by atoms with Crippen molar-refractivity contribution in [2.24, 2.45) is 0 Å². The molecule has 0 spiro atoms. The van der Waals surface area contributed by atoms with E-state index in [9.17, 15) is 9.90 Å². The Morgan fingerprint density at radius 1 is 1.10 bits per heavy atom. The first kappa shape index (κ1) is 19.1. The van der Waals surface area contributed by atoms with Gasteiger partial charge in [-0.1, -0.05) is 17.7 Å². The Morgan fingerprint density at radius 2 is 1.94 bits per heavy atom. The predicted octanol–water partition coefficient (Wildman–Crippen LogP) is 4.24. The van der Waals surface area contributed by atoms with Gasteiger partial charge in [-0.2, -0.15) is 0 Å². The SMILES string of the molecule is O=C(NC(c1ccc2c(c1)OCO2)c1cc(Cl)c2cccnc2c1O)c1cccnc1. The third kappa shape index (κ3) is 3.49. The van der Waals surface area contributed by atoms with Gasteiger partial charge in [-0.05, 0) is 48.0 Å². The molecule has 7 nitrogen and oxygen atoms in total. The third-order valence-corrected chi connectivity index (χ3v) is 5.40. The Labute approximate surface area is 182 Å². The first-order chi connectivity index (χ1) is 15.1. The number of fused-ring (bicyclic) bond motifs is 2. The van der Waals surface area contributed by atoms with Gasteiger partial charge in [-0.15, -0.1) is 0 Å². The maximum atomic E-state index is 13.0. The molecule has 1 unspecified atom stereocenters. The summed E-state index contributed by atoms with van der Waals surface area (Å²) in [6.07, 6.45) is 4.64. The highest BCUT2D eigenvalue weighted by Gasteiger charge is 2.26. The van der Waals surface area contributed by atoms with Crippen LogP contribution in [0, 0.1) is 0 Å². The van der Waals surface area contributed by atoms with Gasteiger partial charge in [0.25, 0.3) is 5.91 Å². The van der Waals surface area contributed by atoms with Gasteiger partial charge in [-0.3, -0.25) is 14.8 Å². The lowest BCUT2D eigenvalue weighted by Gasteiger charge is -2.22. The van der Waals surface area contributed by atoms with Crippen molar-refractivity contribution in [3.05, 3.63) is 88.8 Å². The van der Waals surface area contributed by atoms with E-state index < -0.39 is 6.04 Å². The Bertz CT molecular complexity index is 1300. The summed E-state index contributed by atoms with van der Waals surface area (Å²) in [6, 6.07) is 13.1. The second-order valence-corrected chi connectivity index (χ2v) is 7.36. The molecule has 1 atom stereocenters. The molecule has 0 saturated carbocycles. The van der Waals surface area contributed by atoms with Gasteiger partial charge in [0.2, 0.25) is 6.79 Å². The quantitative estimate of drug-likeness (QED) is 0.500. The first-order valence-electron chi connectivity index (χ1n) is 9.48. The zero-order valence-corrected chi connectivity index (χ0v) is 16.8. The number of aromatic hydroxyl groups is 1. The second-order valence-electron chi connectivity index (χ2n) is 6.96. The summed E-state index contributed by atoms with van der Waals surface area (Å²) in [5.74, 6) is 0.757. The van der Waals surface area contributed by atoms with Crippen LogP contribution in [0.5, 0.6) is 17.2 Å². The molecule has 0 aliphatic carbocycles. The number of ether oxygens (including phenoxy) is 2. The number of nitrogens with zero attached hydrogens (tertiary/aromatic N) is 2. The molecule has 0 radical (unpaired) electrons. The van der Waals surface area contributed by atoms with E-state index in [1.807, 2.05) is 0 Å². The van der Waals surface area contributed by atoms with Gasteiger partial charge in [-0.25, -0.2) is 0 Å². The summed E-state index contributed by atoms with van der Waals surface area (Å²) in [6.45, 7) is 0.127. The van der Waals surface area contributed by atoms with Crippen LogP contribution in [0.2, 0.25) is 5.02 Å². The molecule has 1 aliphatic heterocycles. The lowest BCUT2D eigenvalue weighted by molar-refractivity contribution is 0.0942. The Balaban J connectivity index is 1.65. The lowest BCUT2D eigenvalue weighted by Crippen LogP contribution is -2.29. The van der Waals surface area contributed by atoms with Gasteiger partial charge in [0.05, 0.1) is 16.6 Å². The van der Waals surface area contributed by atoms with Crippen LogP contribution >= 0.6 is 11.6 Å². The monoisotopic (exact) mass is 433 g/mol. The molecular formula is C23H16ClN3O4. The largest absolute Gasteiger partial charge is 0.505 e. The molecule has 1 aliphatic rings. The molecule has 2 aromatic heterocycles. The number of benzene rings is 2. The van der Waals surface area contributed by atoms with Crippen molar-refractivity contribution in [3.8, 4) is 17.2 Å². The maximum Gasteiger partial charge on any atom is 0.253 e. The molecule has 1 amide bonds. The van der Waals surface area contributed by atoms with Crippen molar-refractivity contribution in [2.75, 3.05) is 6.79 Å². The summed E-state index contributed by atoms with van der Waals surface area (Å²) in [5, 5.41) is 15.0. The number of amides is 1. The van der Waals surface area contributed by atoms with E-state index in [4.69, 9.17) is 21.1 Å². The molecule has 0 bridgehead atoms. The molecule has 4 aromatic rings. The van der Waals surface area contributed by atoms with Gasteiger partial charge in [0, 0.05) is 29.5 Å². The minimum absolute atomic E-state index is 0.0610. The molecule has 0 saturated heterocycles. The second kappa shape index (κ2) is 7.77. The fourth-order valence-electron chi connectivity index (χ4n) is 3.57. The maximum absolute atomic E-state index is 13.0. The molecule has 154 valence electrons. The van der Waals surface area contributed by atoms with Crippen molar-refractivity contribution in [1.29, 1.82) is 0 Å². The van der Waals surface area contributed by atoms with Crippen molar-refractivity contribution in [1.82, 2.24) is 15.3 Å². The van der Waals surface area contributed by atoms with Crippen LogP contribution in [0.25, 0.3) is 10.9 Å².